The zero-order valence-corrected chi connectivity index (χ0v) is 10.4. The molecular weight excluding hydrogens is 210 g/mol. The van der Waals surface area contributed by atoms with Gasteiger partial charge in [-0.15, -0.1) is 0 Å². The van der Waals surface area contributed by atoms with Gasteiger partial charge in [-0.25, -0.2) is 4.68 Å². The molecule has 0 saturated heterocycles. The second-order valence-electron chi connectivity index (χ2n) is 4.56. The topological polar surface area (TPSA) is 41.6 Å². The number of aryl methyl sites for hydroxylation is 1. The molecule has 0 N–H and O–H groups in total. The molecule has 0 aliphatic carbocycles. The molecule has 0 atom stereocenters. The van der Waals surface area contributed by atoms with Crippen molar-refractivity contribution in [2.45, 2.75) is 46.1 Å². The number of hydrogen-bond acceptors (Lipinski definition) is 2. The molecule has 0 aliphatic heterocycles. The number of aromatic nitrogens is 2. The standard InChI is InChI=1S/C11H16ClN3/c1-5-6-9-8(7-13)10(12)15(14-9)11(2,3)4/h5-6H2,1-4H3. The fourth-order valence-corrected chi connectivity index (χ4v) is 1.85. The summed E-state index contributed by atoms with van der Waals surface area (Å²) >= 11 is 6.13. The maximum Gasteiger partial charge on any atom is 0.145 e. The molecule has 1 rings (SSSR count). The molecule has 0 fully saturated rings. The Bertz CT molecular complexity index is 393. The van der Waals surface area contributed by atoms with Crippen molar-refractivity contribution in [3.63, 3.8) is 0 Å². The summed E-state index contributed by atoms with van der Waals surface area (Å²) in [6.07, 6.45) is 1.76. The Labute approximate surface area is 95.7 Å². The summed E-state index contributed by atoms with van der Waals surface area (Å²) in [4.78, 5) is 0. The molecule has 4 heteroatoms. The number of halogens is 1. The Balaban J connectivity index is 3.29. The summed E-state index contributed by atoms with van der Waals surface area (Å²) in [6, 6.07) is 2.13. The second kappa shape index (κ2) is 4.24. The summed E-state index contributed by atoms with van der Waals surface area (Å²) in [5, 5.41) is 13.9. The van der Waals surface area contributed by atoms with Gasteiger partial charge in [-0.2, -0.15) is 10.4 Å². The summed E-state index contributed by atoms with van der Waals surface area (Å²) in [5.41, 5.74) is 1.14. The van der Waals surface area contributed by atoms with Crippen LogP contribution in [0.15, 0.2) is 0 Å². The third-order valence-electron chi connectivity index (χ3n) is 2.14. The molecule has 3 nitrogen and oxygen atoms in total. The average molecular weight is 226 g/mol. The van der Waals surface area contributed by atoms with Crippen LogP contribution in [0.5, 0.6) is 0 Å². The van der Waals surface area contributed by atoms with E-state index in [4.69, 9.17) is 16.9 Å². The van der Waals surface area contributed by atoms with Crippen molar-refractivity contribution in [3.05, 3.63) is 16.4 Å². The van der Waals surface area contributed by atoms with Gasteiger partial charge in [-0.3, -0.25) is 0 Å². The van der Waals surface area contributed by atoms with Crippen LogP contribution in [0.2, 0.25) is 5.15 Å². The van der Waals surface area contributed by atoms with Crippen LogP contribution in [0.4, 0.5) is 0 Å². The van der Waals surface area contributed by atoms with Gasteiger partial charge < -0.3 is 0 Å². The van der Waals surface area contributed by atoms with E-state index in [0.29, 0.717) is 10.7 Å². The Morgan fingerprint density at radius 3 is 2.47 bits per heavy atom. The molecule has 1 aromatic rings. The van der Waals surface area contributed by atoms with Crippen LogP contribution in [0.3, 0.4) is 0 Å². The fourth-order valence-electron chi connectivity index (χ4n) is 1.41. The summed E-state index contributed by atoms with van der Waals surface area (Å²) < 4.78 is 1.72. The van der Waals surface area contributed by atoms with E-state index < -0.39 is 0 Å². The van der Waals surface area contributed by atoms with Gasteiger partial charge in [0.2, 0.25) is 0 Å². The van der Waals surface area contributed by atoms with Crippen molar-refractivity contribution in [1.82, 2.24) is 9.78 Å². The molecule has 82 valence electrons. The van der Waals surface area contributed by atoms with E-state index in [-0.39, 0.29) is 5.54 Å². The molecule has 15 heavy (non-hydrogen) atoms. The number of rotatable bonds is 2. The number of hydrogen-bond donors (Lipinski definition) is 0. The van der Waals surface area contributed by atoms with E-state index >= 15 is 0 Å². The van der Waals surface area contributed by atoms with E-state index in [1.807, 2.05) is 20.8 Å². The van der Waals surface area contributed by atoms with Gasteiger partial charge in [0.05, 0.1) is 11.2 Å². The van der Waals surface area contributed by atoms with Crippen molar-refractivity contribution in [3.8, 4) is 6.07 Å². The predicted octanol–water partition coefficient (Wildman–Crippen LogP) is 3.12. The molecule has 0 radical (unpaired) electrons. The Hall–Kier alpha value is -1.01. The quantitative estimate of drug-likeness (QED) is 0.776. The first-order valence-electron chi connectivity index (χ1n) is 5.09. The minimum atomic E-state index is -0.186. The highest BCUT2D eigenvalue weighted by molar-refractivity contribution is 6.30. The van der Waals surface area contributed by atoms with Gasteiger partial charge in [-0.1, -0.05) is 24.9 Å². The first-order valence-corrected chi connectivity index (χ1v) is 5.47. The van der Waals surface area contributed by atoms with Gasteiger partial charge in [0.25, 0.3) is 0 Å². The zero-order chi connectivity index (χ0) is 11.6. The molecule has 0 amide bonds. The van der Waals surface area contributed by atoms with E-state index in [9.17, 15) is 0 Å². The van der Waals surface area contributed by atoms with Crippen LogP contribution >= 0.6 is 11.6 Å². The van der Waals surface area contributed by atoms with Crippen LogP contribution in [0.25, 0.3) is 0 Å². The highest BCUT2D eigenvalue weighted by Crippen LogP contribution is 2.26. The third kappa shape index (κ3) is 2.32. The van der Waals surface area contributed by atoms with Crippen molar-refractivity contribution < 1.29 is 0 Å². The third-order valence-corrected chi connectivity index (χ3v) is 2.48. The number of nitriles is 1. The molecule has 1 heterocycles. The molecule has 0 spiro atoms. The molecule has 1 aromatic heterocycles. The van der Waals surface area contributed by atoms with Crippen LogP contribution in [-0.2, 0) is 12.0 Å². The van der Waals surface area contributed by atoms with Gasteiger partial charge in [-0.05, 0) is 27.2 Å². The lowest BCUT2D eigenvalue weighted by molar-refractivity contribution is 0.353. The van der Waals surface area contributed by atoms with Crippen molar-refractivity contribution in [2.24, 2.45) is 0 Å². The normalized spacial score (nSPS) is 11.5. The van der Waals surface area contributed by atoms with Crippen molar-refractivity contribution >= 4 is 11.6 Å². The first-order chi connectivity index (χ1) is 6.91. The van der Waals surface area contributed by atoms with Crippen LogP contribution in [0, 0.1) is 11.3 Å². The lowest BCUT2D eigenvalue weighted by atomic mass is 10.1. The maximum absolute atomic E-state index is 9.02. The molecule has 0 bridgehead atoms. The van der Waals surface area contributed by atoms with Gasteiger partial charge >= 0.3 is 0 Å². The Kier molecular flexibility index (Phi) is 3.41. The highest BCUT2D eigenvalue weighted by Gasteiger charge is 2.23. The molecule has 0 unspecified atom stereocenters. The van der Waals surface area contributed by atoms with Gasteiger partial charge in [0.1, 0.15) is 16.8 Å². The SMILES string of the molecule is CCCc1nn(C(C)(C)C)c(Cl)c1C#N. The fraction of sp³-hybridized carbons (Fsp3) is 0.636. The summed E-state index contributed by atoms with van der Waals surface area (Å²) in [7, 11) is 0. The van der Waals surface area contributed by atoms with Crippen molar-refractivity contribution in [1.29, 1.82) is 5.26 Å². The highest BCUT2D eigenvalue weighted by atomic mass is 35.5. The lowest BCUT2D eigenvalue weighted by Crippen LogP contribution is -2.23. The summed E-state index contributed by atoms with van der Waals surface area (Å²) in [5.74, 6) is 0. The molecule has 0 aromatic carbocycles. The first kappa shape index (κ1) is 12.1. The minimum Gasteiger partial charge on any atom is -0.247 e. The van der Waals surface area contributed by atoms with Gasteiger partial charge in [0.15, 0.2) is 0 Å². The Morgan fingerprint density at radius 2 is 2.07 bits per heavy atom. The minimum absolute atomic E-state index is 0.186. The van der Waals surface area contributed by atoms with Crippen LogP contribution in [-0.4, -0.2) is 9.78 Å². The van der Waals surface area contributed by atoms with Crippen LogP contribution in [0.1, 0.15) is 45.4 Å². The van der Waals surface area contributed by atoms with E-state index in [0.717, 1.165) is 18.5 Å². The van der Waals surface area contributed by atoms with Crippen LogP contribution < -0.4 is 0 Å². The van der Waals surface area contributed by atoms with E-state index in [1.165, 1.54) is 0 Å². The second-order valence-corrected chi connectivity index (χ2v) is 4.91. The average Bonchev–Trinajstić information content (AvgIpc) is 2.42. The van der Waals surface area contributed by atoms with E-state index in [1.54, 1.807) is 4.68 Å². The molecule has 0 aliphatic rings. The maximum atomic E-state index is 9.02. The lowest BCUT2D eigenvalue weighted by Gasteiger charge is -2.20. The number of nitrogens with zero attached hydrogens (tertiary/aromatic N) is 3. The van der Waals surface area contributed by atoms with Crippen molar-refractivity contribution in [2.75, 3.05) is 0 Å². The molecular formula is C11H16ClN3. The Morgan fingerprint density at radius 1 is 1.47 bits per heavy atom. The van der Waals surface area contributed by atoms with E-state index in [2.05, 4.69) is 18.1 Å². The van der Waals surface area contributed by atoms with Gasteiger partial charge in [0, 0.05) is 0 Å². The molecule has 0 saturated carbocycles. The smallest absolute Gasteiger partial charge is 0.145 e. The summed E-state index contributed by atoms with van der Waals surface area (Å²) in [6.45, 7) is 8.11. The zero-order valence-electron chi connectivity index (χ0n) is 9.63. The predicted molar refractivity (Wildman–Crippen MR) is 60.9 cm³/mol. The largest absolute Gasteiger partial charge is 0.247 e. The monoisotopic (exact) mass is 225 g/mol.